The predicted octanol–water partition coefficient (Wildman–Crippen LogP) is 2.26. The predicted molar refractivity (Wildman–Crippen MR) is 96.3 cm³/mol. The first-order valence-electron chi connectivity index (χ1n) is 7.61. The minimum Gasteiger partial charge on any atom is -0.322 e. The number of pyridine rings is 1. The molecular formula is C17H15N3O5S. The summed E-state index contributed by atoms with van der Waals surface area (Å²) < 4.78 is 26.3. The second-order valence-electron chi connectivity index (χ2n) is 5.72. The number of rotatable bonds is 5. The molecule has 1 aromatic heterocycles. The van der Waals surface area contributed by atoms with Gasteiger partial charge in [0.2, 0.25) is 10.0 Å². The first-order chi connectivity index (χ1) is 12.3. The highest BCUT2D eigenvalue weighted by atomic mass is 32.2. The quantitative estimate of drug-likeness (QED) is 0.544. The Kier molecular flexibility index (Phi) is 4.58. The van der Waals surface area contributed by atoms with Crippen LogP contribution in [-0.2, 0) is 16.6 Å². The first kappa shape index (κ1) is 17.8. The van der Waals surface area contributed by atoms with Gasteiger partial charge in [-0.05, 0) is 29.7 Å². The summed E-state index contributed by atoms with van der Waals surface area (Å²) >= 11 is 0. The molecule has 3 aromatic rings. The number of non-ortho nitro benzene ring substituents is 1. The highest BCUT2D eigenvalue weighted by Gasteiger charge is 2.22. The number of aromatic amines is 1. The first-order valence-corrected chi connectivity index (χ1v) is 9.05. The van der Waals surface area contributed by atoms with Gasteiger partial charge in [-0.3, -0.25) is 14.9 Å². The van der Waals surface area contributed by atoms with Gasteiger partial charge in [0.05, 0.1) is 9.82 Å². The molecule has 0 saturated carbocycles. The van der Waals surface area contributed by atoms with Crippen molar-refractivity contribution in [2.45, 2.75) is 11.4 Å². The monoisotopic (exact) mass is 373 g/mol. The molecule has 0 saturated heterocycles. The van der Waals surface area contributed by atoms with Crippen LogP contribution in [0.15, 0.2) is 64.3 Å². The number of hydrogen-bond acceptors (Lipinski definition) is 5. The topological polar surface area (TPSA) is 113 Å². The summed E-state index contributed by atoms with van der Waals surface area (Å²) in [4.78, 5) is 24.9. The number of nitro benzene ring substituents is 1. The molecular weight excluding hydrogens is 358 g/mol. The van der Waals surface area contributed by atoms with Gasteiger partial charge < -0.3 is 4.98 Å². The molecule has 0 fully saturated rings. The zero-order valence-corrected chi connectivity index (χ0v) is 14.6. The molecule has 0 unspecified atom stereocenters. The molecule has 0 spiro atoms. The molecule has 8 nitrogen and oxygen atoms in total. The van der Waals surface area contributed by atoms with Gasteiger partial charge in [0.15, 0.2) is 0 Å². The Balaban J connectivity index is 1.91. The van der Waals surface area contributed by atoms with E-state index in [0.717, 1.165) is 21.8 Å². The van der Waals surface area contributed by atoms with Crippen LogP contribution in [0.2, 0.25) is 0 Å². The number of nitro groups is 1. The van der Waals surface area contributed by atoms with Gasteiger partial charge in [0.1, 0.15) is 0 Å². The second kappa shape index (κ2) is 6.70. The van der Waals surface area contributed by atoms with Crippen LogP contribution in [0.3, 0.4) is 0 Å². The van der Waals surface area contributed by atoms with Crippen molar-refractivity contribution in [2.24, 2.45) is 0 Å². The van der Waals surface area contributed by atoms with Crippen molar-refractivity contribution in [3.05, 3.63) is 80.6 Å². The molecule has 134 valence electrons. The van der Waals surface area contributed by atoms with Crippen molar-refractivity contribution >= 4 is 26.6 Å². The second-order valence-corrected chi connectivity index (χ2v) is 7.77. The van der Waals surface area contributed by atoms with Crippen molar-refractivity contribution in [3.8, 4) is 0 Å². The van der Waals surface area contributed by atoms with Gasteiger partial charge in [-0.2, -0.15) is 4.31 Å². The van der Waals surface area contributed by atoms with Crippen molar-refractivity contribution in [1.82, 2.24) is 9.29 Å². The summed E-state index contributed by atoms with van der Waals surface area (Å²) in [5, 5.41) is 11.5. The molecule has 1 N–H and O–H groups in total. The lowest BCUT2D eigenvalue weighted by molar-refractivity contribution is -0.384. The van der Waals surface area contributed by atoms with E-state index in [9.17, 15) is 23.3 Å². The molecule has 1 heterocycles. The van der Waals surface area contributed by atoms with E-state index in [1.54, 1.807) is 18.2 Å². The molecule has 0 amide bonds. The number of para-hydroxylation sites is 1. The third-order valence-electron chi connectivity index (χ3n) is 3.98. The summed E-state index contributed by atoms with van der Waals surface area (Å²) in [6.45, 7) is -0.126. The summed E-state index contributed by atoms with van der Waals surface area (Å²) in [6, 6.07) is 13.5. The molecule has 0 radical (unpaired) electrons. The van der Waals surface area contributed by atoms with E-state index >= 15 is 0 Å². The van der Waals surface area contributed by atoms with E-state index < -0.39 is 14.9 Å². The number of sulfonamides is 1. The van der Waals surface area contributed by atoms with Gasteiger partial charge in [0.25, 0.3) is 11.2 Å². The Morgan fingerprint density at radius 3 is 2.42 bits per heavy atom. The summed E-state index contributed by atoms with van der Waals surface area (Å²) in [7, 11) is -2.54. The van der Waals surface area contributed by atoms with Crippen LogP contribution in [0, 0.1) is 10.1 Å². The van der Waals surface area contributed by atoms with Crippen LogP contribution in [-0.4, -0.2) is 29.7 Å². The standard InChI is InChI=1S/C17H15N3O5S/c1-19(26(24,25)15-8-6-14(7-9-15)20(22)23)11-13-10-12-4-2-3-5-16(12)18-17(13)21/h2-10H,11H2,1H3,(H,18,21). The summed E-state index contributed by atoms with van der Waals surface area (Å²) in [6.07, 6.45) is 0. The normalized spacial score (nSPS) is 11.8. The maximum atomic E-state index is 12.6. The van der Waals surface area contributed by atoms with Gasteiger partial charge in [-0.15, -0.1) is 0 Å². The Labute approximate surface area is 148 Å². The lowest BCUT2D eigenvalue weighted by atomic mass is 10.1. The minimum absolute atomic E-state index is 0.0807. The number of aromatic nitrogens is 1. The third kappa shape index (κ3) is 3.35. The SMILES string of the molecule is CN(Cc1cc2ccccc2[nH]c1=O)S(=O)(=O)c1ccc([N+](=O)[O-])cc1. The van der Waals surface area contributed by atoms with E-state index in [0.29, 0.717) is 11.1 Å². The number of fused-ring (bicyclic) bond motifs is 1. The van der Waals surface area contributed by atoms with Gasteiger partial charge in [0, 0.05) is 36.8 Å². The van der Waals surface area contributed by atoms with E-state index in [1.165, 1.54) is 19.2 Å². The van der Waals surface area contributed by atoms with Crippen LogP contribution in [0.1, 0.15) is 5.56 Å². The third-order valence-corrected chi connectivity index (χ3v) is 5.80. The number of nitrogens with one attached hydrogen (secondary N) is 1. The molecule has 26 heavy (non-hydrogen) atoms. The zero-order chi connectivity index (χ0) is 18.9. The fourth-order valence-electron chi connectivity index (χ4n) is 2.55. The van der Waals surface area contributed by atoms with Crippen LogP contribution < -0.4 is 5.56 Å². The molecule has 3 rings (SSSR count). The van der Waals surface area contributed by atoms with Gasteiger partial charge in [-0.1, -0.05) is 18.2 Å². The van der Waals surface area contributed by atoms with Crippen LogP contribution >= 0.6 is 0 Å². The molecule has 2 aromatic carbocycles. The Bertz CT molecular complexity index is 1140. The van der Waals surface area contributed by atoms with E-state index in [1.807, 2.05) is 12.1 Å². The van der Waals surface area contributed by atoms with Gasteiger partial charge in [-0.25, -0.2) is 8.42 Å². The van der Waals surface area contributed by atoms with Crippen LogP contribution in [0.4, 0.5) is 5.69 Å². The Morgan fingerprint density at radius 2 is 1.77 bits per heavy atom. The smallest absolute Gasteiger partial charge is 0.269 e. The Morgan fingerprint density at radius 1 is 1.12 bits per heavy atom. The summed E-state index contributed by atoms with van der Waals surface area (Å²) in [5.74, 6) is 0. The lowest BCUT2D eigenvalue weighted by Gasteiger charge is -2.17. The van der Waals surface area contributed by atoms with Crippen LogP contribution in [0.25, 0.3) is 10.9 Å². The minimum atomic E-state index is -3.89. The average molecular weight is 373 g/mol. The molecule has 0 aliphatic rings. The van der Waals surface area contributed by atoms with Crippen LogP contribution in [0.5, 0.6) is 0 Å². The maximum Gasteiger partial charge on any atom is 0.269 e. The highest BCUT2D eigenvalue weighted by molar-refractivity contribution is 7.89. The fraction of sp³-hybridized carbons (Fsp3) is 0.118. The Hall–Kier alpha value is -3.04. The van der Waals surface area contributed by atoms with Gasteiger partial charge >= 0.3 is 0 Å². The van der Waals surface area contributed by atoms with Crippen molar-refractivity contribution < 1.29 is 13.3 Å². The van der Waals surface area contributed by atoms with Crippen molar-refractivity contribution in [1.29, 1.82) is 0 Å². The van der Waals surface area contributed by atoms with E-state index in [-0.39, 0.29) is 22.7 Å². The number of nitrogens with zero attached hydrogens (tertiary/aromatic N) is 2. The molecule has 0 bridgehead atoms. The molecule has 0 aliphatic carbocycles. The number of benzene rings is 2. The lowest BCUT2D eigenvalue weighted by Crippen LogP contribution is -2.29. The molecule has 9 heteroatoms. The number of hydrogen-bond donors (Lipinski definition) is 1. The highest BCUT2D eigenvalue weighted by Crippen LogP contribution is 2.20. The van der Waals surface area contributed by atoms with Crippen molar-refractivity contribution in [3.63, 3.8) is 0 Å². The molecule has 0 aliphatic heterocycles. The maximum absolute atomic E-state index is 12.6. The number of H-pyrrole nitrogens is 1. The summed E-state index contributed by atoms with van der Waals surface area (Å²) in [5.41, 5.74) is 0.408. The fourth-order valence-corrected chi connectivity index (χ4v) is 3.70. The zero-order valence-electron chi connectivity index (χ0n) is 13.7. The average Bonchev–Trinajstić information content (AvgIpc) is 2.62. The van der Waals surface area contributed by atoms with E-state index in [4.69, 9.17) is 0 Å². The van der Waals surface area contributed by atoms with Crippen molar-refractivity contribution in [2.75, 3.05) is 7.05 Å². The largest absolute Gasteiger partial charge is 0.322 e. The van der Waals surface area contributed by atoms with E-state index in [2.05, 4.69) is 4.98 Å². The molecule has 0 atom stereocenters.